The fourth-order valence-electron chi connectivity index (χ4n) is 1.71. The average molecular weight is 356 g/mol. The SMILES string of the molecule is COCCOCCOC(=O)c1ccc(C(=O)OCCOCCO)cc1. The standard InChI is InChI=1S/C17H24O8/c1-21-8-9-23-11-13-25-17(20)15-4-2-14(3-5-15)16(19)24-12-10-22-7-6-18/h2-5,18H,6-13H2,1H3. The van der Waals surface area contributed by atoms with Crippen LogP contribution in [0.15, 0.2) is 24.3 Å². The van der Waals surface area contributed by atoms with Gasteiger partial charge in [-0.15, -0.1) is 0 Å². The zero-order valence-corrected chi connectivity index (χ0v) is 14.3. The van der Waals surface area contributed by atoms with Gasteiger partial charge in [-0.05, 0) is 24.3 Å². The van der Waals surface area contributed by atoms with Gasteiger partial charge in [0.2, 0.25) is 0 Å². The number of methoxy groups -OCH3 is 1. The van der Waals surface area contributed by atoms with Crippen molar-refractivity contribution in [1.29, 1.82) is 0 Å². The summed E-state index contributed by atoms with van der Waals surface area (Å²) in [5.41, 5.74) is 0.654. The van der Waals surface area contributed by atoms with Gasteiger partial charge in [0.05, 0.1) is 50.8 Å². The summed E-state index contributed by atoms with van der Waals surface area (Å²) in [6.45, 7) is 1.78. The zero-order chi connectivity index (χ0) is 18.3. The lowest BCUT2D eigenvalue weighted by Gasteiger charge is -2.07. The molecule has 0 radical (unpaired) electrons. The van der Waals surface area contributed by atoms with Crippen molar-refractivity contribution in [3.8, 4) is 0 Å². The van der Waals surface area contributed by atoms with Crippen LogP contribution in [0.5, 0.6) is 0 Å². The predicted molar refractivity (Wildman–Crippen MR) is 87.6 cm³/mol. The monoisotopic (exact) mass is 356 g/mol. The first-order valence-electron chi connectivity index (χ1n) is 7.88. The molecule has 0 amide bonds. The number of hydrogen-bond donors (Lipinski definition) is 1. The van der Waals surface area contributed by atoms with Gasteiger partial charge in [-0.1, -0.05) is 0 Å². The predicted octanol–water partition coefficient (Wildman–Crippen LogP) is 0.672. The van der Waals surface area contributed by atoms with Crippen LogP contribution in [0.3, 0.4) is 0 Å². The van der Waals surface area contributed by atoms with Crippen LogP contribution in [0.25, 0.3) is 0 Å². The molecule has 8 heteroatoms. The fourth-order valence-corrected chi connectivity index (χ4v) is 1.71. The van der Waals surface area contributed by atoms with Crippen LogP contribution < -0.4 is 0 Å². The number of esters is 2. The summed E-state index contributed by atoms with van der Waals surface area (Å²) < 4.78 is 25.0. The first-order chi connectivity index (χ1) is 12.2. The van der Waals surface area contributed by atoms with E-state index in [1.807, 2.05) is 0 Å². The number of aliphatic hydroxyl groups excluding tert-OH is 1. The van der Waals surface area contributed by atoms with Crippen LogP contribution in [0.2, 0.25) is 0 Å². The van der Waals surface area contributed by atoms with Crippen molar-refractivity contribution in [2.45, 2.75) is 0 Å². The van der Waals surface area contributed by atoms with E-state index in [1.54, 1.807) is 7.11 Å². The van der Waals surface area contributed by atoms with Gasteiger partial charge in [-0.25, -0.2) is 9.59 Å². The average Bonchev–Trinajstić information content (AvgIpc) is 2.64. The maximum Gasteiger partial charge on any atom is 0.338 e. The number of carbonyl (C=O) groups is 2. The highest BCUT2D eigenvalue weighted by atomic mass is 16.6. The molecule has 1 aromatic rings. The third-order valence-corrected chi connectivity index (χ3v) is 2.95. The quantitative estimate of drug-likeness (QED) is 0.407. The van der Waals surface area contributed by atoms with E-state index in [2.05, 4.69) is 0 Å². The number of carbonyl (C=O) groups excluding carboxylic acids is 2. The first kappa shape index (κ1) is 21.0. The topological polar surface area (TPSA) is 101 Å². The lowest BCUT2D eigenvalue weighted by molar-refractivity contribution is 0.0212. The molecule has 8 nitrogen and oxygen atoms in total. The summed E-state index contributed by atoms with van der Waals surface area (Å²) in [6.07, 6.45) is 0. The van der Waals surface area contributed by atoms with Gasteiger partial charge >= 0.3 is 11.9 Å². The van der Waals surface area contributed by atoms with Crippen molar-refractivity contribution in [3.05, 3.63) is 35.4 Å². The molecule has 0 unspecified atom stereocenters. The summed E-state index contributed by atoms with van der Waals surface area (Å²) in [6, 6.07) is 5.96. The molecule has 140 valence electrons. The molecule has 0 fully saturated rings. The van der Waals surface area contributed by atoms with Crippen molar-refractivity contribution >= 4 is 11.9 Å². The first-order valence-corrected chi connectivity index (χ1v) is 7.88. The van der Waals surface area contributed by atoms with Crippen molar-refractivity contribution in [2.24, 2.45) is 0 Å². The molecule has 25 heavy (non-hydrogen) atoms. The van der Waals surface area contributed by atoms with Crippen LogP contribution in [0, 0.1) is 0 Å². The second-order valence-corrected chi connectivity index (χ2v) is 4.79. The van der Waals surface area contributed by atoms with E-state index in [4.69, 9.17) is 28.8 Å². The Bertz CT molecular complexity index is 500. The van der Waals surface area contributed by atoms with Gasteiger partial charge in [-0.3, -0.25) is 0 Å². The molecule has 1 rings (SSSR count). The molecule has 0 aliphatic carbocycles. The van der Waals surface area contributed by atoms with E-state index in [0.717, 1.165) is 0 Å². The van der Waals surface area contributed by atoms with Gasteiger partial charge < -0.3 is 28.8 Å². The van der Waals surface area contributed by atoms with E-state index in [-0.39, 0.29) is 39.6 Å². The summed E-state index contributed by atoms with van der Waals surface area (Å²) >= 11 is 0. The summed E-state index contributed by atoms with van der Waals surface area (Å²) in [5.74, 6) is -1.01. The van der Waals surface area contributed by atoms with Gasteiger partial charge in [-0.2, -0.15) is 0 Å². The van der Waals surface area contributed by atoms with E-state index in [9.17, 15) is 9.59 Å². The molecule has 0 spiro atoms. The Morgan fingerprint density at radius 1 is 0.760 bits per heavy atom. The third-order valence-electron chi connectivity index (χ3n) is 2.95. The lowest BCUT2D eigenvalue weighted by Crippen LogP contribution is -2.14. The van der Waals surface area contributed by atoms with Crippen LogP contribution in [-0.2, 0) is 23.7 Å². The van der Waals surface area contributed by atoms with Crippen molar-refractivity contribution in [1.82, 2.24) is 0 Å². The molecule has 1 N–H and O–H groups in total. The summed E-state index contributed by atoms with van der Waals surface area (Å²) in [4.78, 5) is 23.6. The molecule has 0 bridgehead atoms. The fraction of sp³-hybridized carbons (Fsp3) is 0.529. The van der Waals surface area contributed by atoms with E-state index < -0.39 is 11.9 Å². The largest absolute Gasteiger partial charge is 0.460 e. The van der Waals surface area contributed by atoms with Crippen LogP contribution in [0.1, 0.15) is 20.7 Å². The molecule has 0 aliphatic rings. The Morgan fingerprint density at radius 3 is 1.64 bits per heavy atom. The Labute approximate surface area is 146 Å². The van der Waals surface area contributed by atoms with E-state index in [0.29, 0.717) is 24.3 Å². The normalized spacial score (nSPS) is 10.5. The number of rotatable bonds is 13. The molecular weight excluding hydrogens is 332 g/mol. The van der Waals surface area contributed by atoms with E-state index in [1.165, 1.54) is 24.3 Å². The van der Waals surface area contributed by atoms with Crippen molar-refractivity contribution in [3.63, 3.8) is 0 Å². The Morgan fingerprint density at radius 2 is 1.20 bits per heavy atom. The Hall–Kier alpha value is -2.00. The highest BCUT2D eigenvalue weighted by molar-refractivity contribution is 5.93. The number of hydrogen-bond acceptors (Lipinski definition) is 8. The molecule has 0 aliphatic heterocycles. The molecule has 1 aromatic carbocycles. The van der Waals surface area contributed by atoms with Gasteiger partial charge in [0, 0.05) is 7.11 Å². The minimum Gasteiger partial charge on any atom is -0.460 e. The lowest BCUT2D eigenvalue weighted by atomic mass is 10.1. The summed E-state index contributed by atoms with van der Waals surface area (Å²) in [7, 11) is 1.58. The highest BCUT2D eigenvalue weighted by Crippen LogP contribution is 2.07. The summed E-state index contributed by atoms with van der Waals surface area (Å²) in [5, 5.41) is 8.54. The zero-order valence-electron chi connectivity index (χ0n) is 14.3. The van der Waals surface area contributed by atoms with Crippen LogP contribution in [0.4, 0.5) is 0 Å². The van der Waals surface area contributed by atoms with Gasteiger partial charge in [0.25, 0.3) is 0 Å². The maximum absolute atomic E-state index is 11.8. The molecule has 0 heterocycles. The molecule has 0 saturated carbocycles. The maximum atomic E-state index is 11.8. The minimum absolute atomic E-state index is 0.0786. The van der Waals surface area contributed by atoms with Crippen LogP contribution >= 0.6 is 0 Å². The van der Waals surface area contributed by atoms with E-state index >= 15 is 0 Å². The molecule has 0 saturated heterocycles. The molecule has 0 aromatic heterocycles. The van der Waals surface area contributed by atoms with Crippen molar-refractivity contribution in [2.75, 3.05) is 60.0 Å². The van der Waals surface area contributed by atoms with Gasteiger partial charge in [0.15, 0.2) is 0 Å². The second kappa shape index (κ2) is 13.3. The van der Waals surface area contributed by atoms with Gasteiger partial charge in [0.1, 0.15) is 13.2 Å². The second-order valence-electron chi connectivity index (χ2n) is 4.79. The van der Waals surface area contributed by atoms with Crippen LogP contribution in [-0.4, -0.2) is 77.0 Å². The highest BCUT2D eigenvalue weighted by Gasteiger charge is 2.11. The smallest absolute Gasteiger partial charge is 0.338 e. The molecular formula is C17H24O8. The van der Waals surface area contributed by atoms with Crippen molar-refractivity contribution < 1.29 is 38.4 Å². The Kier molecular flexibility index (Phi) is 11.2. The number of aliphatic hydroxyl groups is 1. The number of ether oxygens (including phenoxy) is 5. The third kappa shape index (κ3) is 9.16. The Balaban J connectivity index is 2.29. The molecule has 0 atom stereocenters. The number of benzene rings is 1. The minimum atomic E-state index is -0.515.